The van der Waals surface area contributed by atoms with Crippen LogP contribution in [0.3, 0.4) is 0 Å². The monoisotopic (exact) mass is 476 g/mol. The van der Waals surface area contributed by atoms with Gasteiger partial charge in [-0.2, -0.15) is 4.31 Å². The Kier molecular flexibility index (Phi) is 10.3. The maximum Gasteiger partial charge on any atom is 0.243 e. The largest absolute Gasteiger partial charge is 0.490 e. The van der Waals surface area contributed by atoms with Crippen molar-refractivity contribution in [2.45, 2.75) is 45.1 Å². The Bertz CT molecular complexity index is 1020. The van der Waals surface area contributed by atoms with Gasteiger partial charge in [-0.05, 0) is 77.2 Å². The van der Waals surface area contributed by atoms with Gasteiger partial charge in [0.25, 0.3) is 0 Å². The van der Waals surface area contributed by atoms with E-state index in [4.69, 9.17) is 9.47 Å². The van der Waals surface area contributed by atoms with Gasteiger partial charge < -0.3 is 14.4 Å². The summed E-state index contributed by atoms with van der Waals surface area (Å²) in [6.45, 7) is 7.72. The molecule has 0 saturated carbocycles. The third-order valence-electron chi connectivity index (χ3n) is 5.02. The molecule has 0 N–H and O–H groups in total. The van der Waals surface area contributed by atoms with E-state index < -0.39 is 10.0 Å². The SMILES string of the molecule is CCCOc1ccc(CN(CCCN(C)C)S(=O)(=O)c2cccc(C(C)=O)c2)cc1OCC. The van der Waals surface area contributed by atoms with Gasteiger partial charge in [0, 0.05) is 18.7 Å². The summed E-state index contributed by atoms with van der Waals surface area (Å²) in [4.78, 5) is 13.9. The Labute approximate surface area is 198 Å². The molecule has 33 heavy (non-hydrogen) atoms. The predicted octanol–water partition coefficient (Wildman–Crippen LogP) is 4.22. The lowest BCUT2D eigenvalue weighted by Gasteiger charge is -2.24. The second-order valence-corrected chi connectivity index (χ2v) is 10.1. The molecular weight excluding hydrogens is 440 g/mol. The van der Waals surface area contributed by atoms with Crippen LogP contribution in [0.2, 0.25) is 0 Å². The molecule has 8 heteroatoms. The number of ketones is 1. The van der Waals surface area contributed by atoms with Crippen molar-refractivity contribution in [3.05, 3.63) is 53.6 Å². The van der Waals surface area contributed by atoms with Crippen molar-refractivity contribution in [3.8, 4) is 11.5 Å². The number of carbonyl (C=O) groups is 1. The number of sulfonamides is 1. The van der Waals surface area contributed by atoms with Gasteiger partial charge in [-0.15, -0.1) is 0 Å². The Morgan fingerprint density at radius 2 is 1.73 bits per heavy atom. The van der Waals surface area contributed by atoms with E-state index >= 15 is 0 Å². The molecule has 0 aromatic heterocycles. The Hall–Kier alpha value is -2.42. The minimum atomic E-state index is -3.81. The molecule has 0 bridgehead atoms. The maximum absolute atomic E-state index is 13.6. The van der Waals surface area contributed by atoms with Crippen molar-refractivity contribution in [1.82, 2.24) is 9.21 Å². The van der Waals surface area contributed by atoms with E-state index in [1.54, 1.807) is 12.1 Å². The van der Waals surface area contributed by atoms with Crippen LogP contribution in [0.25, 0.3) is 0 Å². The smallest absolute Gasteiger partial charge is 0.243 e. The zero-order valence-corrected chi connectivity index (χ0v) is 21.2. The van der Waals surface area contributed by atoms with E-state index in [0.29, 0.717) is 43.2 Å². The highest BCUT2D eigenvalue weighted by atomic mass is 32.2. The minimum Gasteiger partial charge on any atom is -0.490 e. The van der Waals surface area contributed by atoms with E-state index in [1.807, 2.05) is 51.0 Å². The summed E-state index contributed by atoms with van der Waals surface area (Å²) in [6.07, 6.45) is 1.55. The lowest BCUT2D eigenvalue weighted by molar-refractivity contribution is 0.101. The highest BCUT2D eigenvalue weighted by Gasteiger charge is 2.25. The van der Waals surface area contributed by atoms with E-state index in [-0.39, 0.29) is 17.2 Å². The molecule has 0 aliphatic carbocycles. The lowest BCUT2D eigenvalue weighted by Crippen LogP contribution is -2.33. The fraction of sp³-hybridized carbons (Fsp3) is 0.480. The van der Waals surface area contributed by atoms with Crippen molar-refractivity contribution < 1.29 is 22.7 Å². The van der Waals surface area contributed by atoms with Crippen molar-refractivity contribution >= 4 is 15.8 Å². The fourth-order valence-electron chi connectivity index (χ4n) is 3.33. The van der Waals surface area contributed by atoms with Crippen LogP contribution in [0.15, 0.2) is 47.4 Å². The molecule has 0 radical (unpaired) electrons. The summed E-state index contributed by atoms with van der Waals surface area (Å²) in [5.41, 5.74) is 1.18. The van der Waals surface area contributed by atoms with E-state index in [9.17, 15) is 13.2 Å². The summed E-state index contributed by atoms with van der Waals surface area (Å²) >= 11 is 0. The first-order valence-corrected chi connectivity index (χ1v) is 12.8. The van der Waals surface area contributed by atoms with Crippen LogP contribution >= 0.6 is 0 Å². The molecule has 0 heterocycles. The summed E-state index contributed by atoms with van der Waals surface area (Å²) < 4.78 is 40.1. The topological polar surface area (TPSA) is 76.2 Å². The van der Waals surface area contributed by atoms with Crippen molar-refractivity contribution in [2.75, 3.05) is 40.4 Å². The number of nitrogens with zero attached hydrogens (tertiary/aromatic N) is 2. The van der Waals surface area contributed by atoms with Gasteiger partial charge >= 0.3 is 0 Å². The second-order valence-electron chi connectivity index (χ2n) is 8.14. The van der Waals surface area contributed by atoms with Crippen molar-refractivity contribution in [1.29, 1.82) is 0 Å². The van der Waals surface area contributed by atoms with E-state index in [2.05, 4.69) is 0 Å². The van der Waals surface area contributed by atoms with Gasteiger partial charge in [-0.1, -0.05) is 25.1 Å². The first-order valence-electron chi connectivity index (χ1n) is 11.3. The molecule has 0 fully saturated rings. The molecule has 0 saturated heterocycles. The van der Waals surface area contributed by atoms with Gasteiger partial charge in [0.15, 0.2) is 17.3 Å². The Morgan fingerprint density at radius 1 is 0.970 bits per heavy atom. The first kappa shape index (κ1) is 26.8. The zero-order valence-electron chi connectivity index (χ0n) is 20.3. The molecule has 2 aromatic rings. The average Bonchev–Trinajstić information content (AvgIpc) is 2.78. The van der Waals surface area contributed by atoms with Gasteiger partial charge in [0.05, 0.1) is 18.1 Å². The molecule has 0 amide bonds. The Morgan fingerprint density at radius 3 is 2.36 bits per heavy atom. The quantitative estimate of drug-likeness (QED) is 0.380. The number of hydrogen-bond donors (Lipinski definition) is 0. The Balaban J connectivity index is 2.38. The van der Waals surface area contributed by atoms with E-state index in [1.165, 1.54) is 23.4 Å². The van der Waals surface area contributed by atoms with Gasteiger partial charge in [-0.25, -0.2) is 8.42 Å². The summed E-state index contributed by atoms with van der Waals surface area (Å²) in [6, 6.07) is 11.8. The summed E-state index contributed by atoms with van der Waals surface area (Å²) in [7, 11) is 0.102. The molecule has 2 aromatic carbocycles. The second kappa shape index (κ2) is 12.7. The molecule has 0 aliphatic rings. The highest BCUT2D eigenvalue weighted by molar-refractivity contribution is 7.89. The van der Waals surface area contributed by atoms with Crippen LogP contribution < -0.4 is 9.47 Å². The standard InChI is InChI=1S/C25H36N2O5S/c1-6-16-32-24-13-12-21(17-25(24)31-7-2)19-27(15-9-14-26(4)5)33(29,30)23-11-8-10-22(18-23)20(3)28/h8,10-13,17-18H,6-7,9,14-16,19H2,1-5H3. The van der Waals surface area contributed by atoms with Gasteiger partial charge in [0.2, 0.25) is 10.0 Å². The third kappa shape index (κ3) is 7.84. The number of hydrogen-bond acceptors (Lipinski definition) is 6. The molecular formula is C25H36N2O5S. The van der Waals surface area contributed by atoms with Gasteiger partial charge in [0.1, 0.15) is 0 Å². The molecule has 182 valence electrons. The van der Waals surface area contributed by atoms with Gasteiger partial charge in [-0.3, -0.25) is 4.79 Å². The normalized spacial score (nSPS) is 11.7. The zero-order chi connectivity index (χ0) is 24.4. The number of benzene rings is 2. The summed E-state index contributed by atoms with van der Waals surface area (Å²) in [5.74, 6) is 1.08. The number of Topliss-reactive ketones (excluding diaryl/α,β-unsaturated/α-hetero) is 1. The molecule has 0 atom stereocenters. The van der Waals surface area contributed by atoms with Crippen LogP contribution in [0.1, 0.15) is 49.5 Å². The molecule has 2 rings (SSSR count). The average molecular weight is 477 g/mol. The van der Waals surface area contributed by atoms with E-state index in [0.717, 1.165) is 18.5 Å². The fourth-order valence-corrected chi connectivity index (χ4v) is 4.84. The van der Waals surface area contributed by atoms with Crippen LogP contribution in [0.5, 0.6) is 11.5 Å². The number of ether oxygens (including phenoxy) is 2. The molecule has 0 aliphatic heterocycles. The van der Waals surface area contributed by atoms with Crippen LogP contribution in [-0.2, 0) is 16.6 Å². The molecule has 0 spiro atoms. The van der Waals surface area contributed by atoms with Crippen LogP contribution in [-0.4, -0.2) is 63.8 Å². The maximum atomic E-state index is 13.6. The predicted molar refractivity (Wildman–Crippen MR) is 131 cm³/mol. The van der Waals surface area contributed by atoms with Crippen molar-refractivity contribution in [3.63, 3.8) is 0 Å². The molecule has 7 nitrogen and oxygen atoms in total. The highest BCUT2D eigenvalue weighted by Crippen LogP contribution is 2.30. The summed E-state index contributed by atoms with van der Waals surface area (Å²) in [5, 5.41) is 0. The third-order valence-corrected chi connectivity index (χ3v) is 6.86. The number of carbonyl (C=O) groups excluding carboxylic acids is 1. The number of rotatable bonds is 14. The lowest BCUT2D eigenvalue weighted by atomic mass is 10.2. The molecule has 0 unspecified atom stereocenters. The van der Waals surface area contributed by atoms with Crippen LogP contribution in [0.4, 0.5) is 0 Å². The minimum absolute atomic E-state index is 0.119. The van der Waals surface area contributed by atoms with Crippen LogP contribution in [0, 0.1) is 0 Å². The first-order chi connectivity index (χ1) is 15.7. The van der Waals surface area contributed by atoms with Crippen molar-refractivity contribution in [2.24, 2.45) is 0 Å².